The maximum absolute atomic E-state index is 12.5. The van der Waals surface area contributed by atoms with Crippen LogP contribution in [0.15, 0.2) is 78.9 Å². The van der Waals surface area contributed by atoms with Crippen LogP contribution in [0.1, 0.15) is 33.2 Å². The Morgan fingerprint density at radius 3 is 1.62 bits per heavy atom. The Morgan fingerprint density at radius 1 is 0.625 bits per heavy atom. The molecule has 0 unspecified atom stereocenters. The molecule has 0 atom stereocenters. The van der Waals surface area contributed by atoms with Gasteiger partial charge in [-0.2, -0.15) is 0 Å². The third-order valence-corrected chi connectivity index (χ3v) is 3.65. The lowest BCUT2D eigenvalue weighted by Crippen LogP contribution is -2.02. The smallest absolute Gasteiger partial charge is 0.193 e. The third-order valence-electron chi connectivity index (χ3n) is 3.65. The molecule has 0 aliphatic rings. The summed E-state index contributed by atoms with van der Waals surface area (Å²) in [5, 5.41) is 0. The number of carbonyl (C=O) groups excluding carboxylic acids is 2. The van der Waals surface area contributed by atoms with E-state index in [-0.39, 0.29) is 11.6 Å². The Hall–Kier alpha value is -3.20. The van der Waals surface area contributed by atoms with Gasteiger partial charge in [-0.25, -0.2) is 0 Å². The number of benzene rings is 3. The molecule has 0 radical (unpaired) electrons. The number of Topliss-reactive ketones (excluding diaryl/α,β-unsaturated/α-hetero) is 1. The summed E-state index contributed by atoms with van der Waals surface area (Å²) in [7, 11) is 0. The van der Waals surface area contributed by atoms with Gasteiger partial charge in [0.05, 0.1) is 0 Å². The van der Waals surface area contributed by atoms with E-state index in [1.54, 1.807) is 48.5 Å². The first kappa shape index (κ1) is 15.7. The van der Waals surface area contributed by atoms with E-state index >= 15 is 0 Å². The number of hydrogen-bond donors (Lipinski definition) is 0. The molecule has 0 N–H and O–H groups in total. The van der Waals surface area contributed by atoms with Crippen molar-refractivity contribution < 1.29 is 14.3 Å². The van der Waals surface area contributed by atoms with Crippen LogP contribution in [-0.2, 0) is 0 Å². The van der Waals surface area contributed by atoms with Gasteiger partial charge in [-0.15, -0.1) is 0 Å². The number of para-hydroxylation sites is 1. The van der Waals surface area contributed by atoms with Gasteiger partial charge in [0.15, 0.2) is 11.6 Å². The molecule has 0 fully saturated rings. The van der Waals surface area contributed by atoms with Crippen molar-refractivity contribution in [2.24, 2.45) is 0 Å². The first-order chi connectivity index (χ1) is 11.6. The van der Waals surface area contributed by atoms with E-state index in [2.05, 4.69) is 0 Å². The molecule has 0 aromatic heterocycles. The lowest BCUT2D eigenvalue weighted by Gasteiger charge is -2.07. The largest absolute Gasteiger partial charge is 0.457 e. The zero-order valence-corrected chi connectivity index (χ0v) is 13.2. The Kier molecular flexibility index (Phi) is 4.52. The van der Waals surface area contributed by atoms with E-state index in [4.69, 9.17) is 4.74 Å². The van der Waals surface area contributed by atoms with Crippen LogP contribution in [0.2, 0.25) is 0 Å². The fraction of sp³-hybridized carbons (Fsp3) is 0.0476. The summed E-state index contributed by atoms with van der Waals surface area (Å²) >= 11 is 0. The molecule has 0 spiro atoms. The van der Waals surface area contributed by atoms with Crippen molar-refractivity contribution in [3.63, 3.8) is 0 Å². The highest BCUT2D eigenvalue weighted by atomic mass is 16.5. The predicted molar refractivity (Wildman–Crippen MR) is 92.8 cm³/mol. The molecule has 3 nitrogen and oxygen atoms in total. The quantitative estimate of drug-likeness (QED) is 0.628. The monoisotopic (exact) mass is 316 g/mol. The average Bonchev–Trinajstić information content (AvgIpc) is 2.63. The van der Waals surface area contributed by atoms with Crippen molar-refractivity contribution in [1.82, 2.24) is 0 Å². The van der Waals surface area contributed by atoms with E-state index in [0.29, 0.717) is 22.4 Å². The van der Waals surface area contributed by atoms with Crippen LogP contribution in [0.4, 0.5) is 0 Å². The van der Waals surface area contributed by atoms with E-state index in [1.807, 2.05) is 30.3 Å². The fourth-order valence-electron chi connectivity index (χ4n) is 2.32. The van der Waals surface area contributed by atoms with Gasteiger partial charge in [0.2, 0.25) is 0 Å². The standard InChI is InChI=1S/C21H16O3/c1-15(22)16-7-9-17(10-8-16)21(23)18-11-13-20(14-12-18)24-19-5-3-2-4-6-19/h2-14H,1H3. The molecule has 0 amide bonds. The molecule has 0 aliphatic carbocycles. The van der Waals surface area contributed by atoms with Crippen LogP contribution >= 0.6 is 0 Å². The van der Waals surface area contributed by atoms with Crippen LogP contribution in [0.25, 0.3) is 0 Å². The number of rotatable bonds is 5. The molecule has 0 heterocycles. The zero-order valence-electron chi connectivity index (χ0n) is 13.2. The lowest BCUT2D eigenvalue weighted by molar-refractivity contribution is 0.101. The molecular weight excluding hydrogens is 300 g/mol. The fourth-order valence-corrected chi connectivity index (χ4v) is 2.32. The van der Waals surface area contributed by atoms with Crippen molar-refractivity contribution in [2.75, 3.05) is 0 Å². The zero-order chi connectivity index (χ0) is 16.9. The maximum Gasteiger partial charge on any atom is 0.193 e. The molecule has 3 heteroatoms. The first-order valence-electron chi connectivity index (χ1n) is 7.62. The van der Waals surface area contributed by atoms with E-state index in [0.717, 1.165) is 5.75 Å². The summed E-state index contributed by atoms with van der Waals surface area (Å²) in [6, 6.07) is 23.2. The summed E-state index contributed by atoms with van der Waals surface area (Å²) in [6.45, 7) is 1.50. The van der Waals surface area contributed by atoms with E-state index < -0.39 is 0 Å². The highest BCUT2D eigenvalue weighted by molar-refractivity contribution is 6.09. The molecule has 0 saturated carbocycles. The van der Waals surface area contributed by atoms with Gasteiger partial charge in [0, 0.05) is 16.7 Å². The van der Waals surface area contributed by atoms with Gasteiger partial charge in [-0.05, 0) is 43.3 Å². The number of ketones is 2. The number of carbonyl (C=O) groups is 2. The molecule has 0 saturated heterocycles. The van der Waals surface area contributed by atoms with Crippen LogP contribution in [0, 0.1) is 0 Å². The minimum Gasteiger partial charge on any atom is -0.457 e. The Labute approximate surface area is 140 Å². The summed E-state index contributed by atoms with van der Waals surface area (Å²) in [5.74, 6) is 1.31. The highest BCUT2D eigenvalue weighted by Crippen LogP contribution is 2.22. The van der Waals surface area contributed by atoms with Crippen molar-refractivity contribution in [3.05, 3.63) is 95.6 Å². The highest BCUT2D eigenvalue weighted by Gasteiger charge is 2.10. The summed E-state index contributed by atoms with van der Waals surface area (Å²) in [4.78, 5) is 23.8. The SMILES string of the molecule is CC(=O)c1ccc(C(=O)c2ccc(Oc3ccccc3)cc2)cc1. The number of ether oxygens (including phenoxy) is 1. The van der Waals surface area contributed by atoms with E-state index in [9.17, 15) is 9.59 Å². The minimum atomic E-state index is -0.0867. The first-order valence-corrected chi connectivity index (χ1v) is 7.62. The van der Waals surface area contributed by atoms with Crippen molar-refractivity contribution in [1.29, 1.82) is 0 Å². The number of hydrogen-bond acceptors (Lipinski definition) is 3. The van der Waals surface area contributed by atoms with Gasteiger partial charge < -0.3 is 4.74 Å². The van der Waals surface area contributed by atoms with Crippen LogP contribution in [0.3, 0.4) is 0 Å². The van der Waals surface area contributed by atoms with Crippen LogP contribution in [-0.4, -0.2) is 11.6 Å². The molecule has 3 aromatic carbocycles. The van der Waals surface area contributed by atoms with Crippen LogP contribution < -0.4 is 4.74 Å². The van der Waals surface area contributed by atoms with Gasteiger partial charge in [-0.3, -0.25) is 9.59 Å². The average molecular weight is 316 g/mol. The Morgan fingerprint density at radius 2 is 1.08 bits per heavy atom. The molecule has 3 aromatic rings. The summed E-state index contributed by atoms with van der Waals surface area (Å²) in [5.41, 5.74) is 1.72. The summed E-state index contributed by atoms with van der Waals surface area (Å²) in [6.07, 6.45) is 0. The molecule has 118 valence electrons. The van der Waals surface area contributed by atoms with Gasteiger partial charge in [0.25, 0.3) is 0 Å². The Bertz CT molecular complexity index is 848. The van der Waals surface area contributed by atoms with Crippen LogP contribution in [0.5, 0.6) is 11.5 Å². The third kappa shape index (κ3) is 3.58. The Balaban J connectivity index is 1.75. The predicted octanol–water partition coefficient (Wildman–Crippen LogP) is 4.91. The molecular formula is C21H16O3. The van der Waals surface area contributed by atoms with Gasteiger partial charge in [-0.1, -0.05) is 42.5 Å². The molecule has 0 bridgehead atoms. The normalized spacial score (nSPS) is 10.2. The lowest BCUT2D eigenvalue weighted by atomic mass is 10.0. The second kappa shape index (κ2) is 6.92. The van der Waals surface area contributed by atoms with Gasteiger partial charge >= 0.3 is 0 Å². The second-order valence-electron chi connectivity index (χ2n) is 5.40. The van der Waals surface area contributed by atoms with Crippen molar-refractivity contribution in [3.8, 4) is 11.5 Å². The molecule has 0 aliphatic heterocycles. The van der Waals surface area contributed by atoms with E-state index in [1.165, 1.54) is 6.92 Å². The minimum absolute atomic E-state index is 0.0172. The van der Waals surface area contributed by atoms with Gasteiger partial charge in [0.1, 0.15) is 11.5 Å². The van der Waals surface area contributed by atoms with Crippen molar-refractivity contribution in [2.45, 2.75) is 6.92 Å². The molecule has 3 rings (SSSR count). The summed E-state index contributed by atoms with van der Waals surface area (Å²) < 4.78 is 5.71. The second-order valence-corrected chi connectivity index (χ2v) is 5.40. The van der Waals surface area contributed by atoms with Crippen molar-refractivity contribution >= 4 is 11.6 Å². The molecule has 24 heavy (non-hydrogen) atoms. The topological polar surface area (TPSA) is 43.4 Å². The maximum atomic E-state index is 12.5.